The fourth-order valence-electron chi connectivity index (χ4n) is 0.961. The molecule has 0 aliphatic rings. The predicted molar refractivity (Wildman–Crippen MR) is 55.5 cm³/mol. The molecule has 0 radical (unpaired) electrons. The van der Waals surface area contributed by atoms with Crippen LogP contribution < -0.4 is 11.3 Å². The van der Waals surface area contributed by atoms with Gasteiger partial charge in [-0.3, -0.25) is 10.6 Å². The molecule has 0 saturated heterocycles. The molecule has 0 amide bonds. The van der Waals surface area contributed by atoms with Crippen LogP contribution in [0.3, 0.4) is 0 Å². The summed E-state index contributed by atoms with van der Waals surface area (Å²) in [4.78, 5) is 10.6. The van der Waals surface area contributed by atoms with E-state index in [4.69, 9.17) is 34.2 Å². The zero-order valence-electron chi connectivity index (χ0n) is 7.00. The highest BCUT2D eigenvalue weighted by Crippen LogP contribution is 2.30. The average molecular weight is 235 g/mol. The summed E-state index contributed by atoms with van der Waals surface area (Å²) in [6, 6.07) is 4.65. The van der Waals surface area contributed by atoms with Crippen LogP contribution in [0, 0.1) is 0 Å². The number of hydrogen-bond acceptors (Lipinski definition) is 3. The van der Waals surface area contributed by atoms with Crippen molar-refractivity contribution in [3.63, 3.8) is 0 Å². The van der Waals surface area contributed by atoms with Gasteiger partial charge in [0.2, 0.25) is 0 Å². The van der Waals surface area contributed by atoms with Crippen LogP contribution in [0.1, 0.15) is 10.9 Å². The smallest absolute Gasteiger partial charge is 0.326 e. The second-order valence-corrected chi connectivity index (χ2v) is 3.43. The molecule has 1 unspecified atom stereocenters. The van der Waals surface area contributed by atoms with E-state index in [0.29, 0.717) is 16.3 Å². The van der Waals surface area contributed by atoms with Crippen LogP contribution in [0.5, 0.6) is 0 Å². The second-order valence-electron chi connectivity index (χ2n) is 2.58. The maximum absolute atomic E-state index is 10.6. The molecular formula is C8H8Cl2N2O2. The van der Waals surface area contributed by atoms with Crippen LogP contribution in [-0.4, -0.2) is 11.1 Å². The standard InChI is InChI=1S/C8H8Cl2N2O2/c9-6-2-1-4(12-11)3-5(6)7(10)8(13)14/h1-3,7,12H,11H2,(H,13,14). The molecule has 0 heterocycles. The lowest BCUT2D eigenvalue weighted by Crippen LogP contribution is -2.09. The Balaban J connectivity index is 3.11. The maximum atomic E-state index is 10.6. The van der Waals surface area contributed by atoms with Crippen molar-refractivity contribution >= 4 is 34.9 Å². The van der Waals surface area contributed by atoms with E-state index in [1.165, 1.54) is 12.1 Å². The Hall–Kier alpha value is -0.970. The topological polar surface area (TPSA) is 75.3 Å². The van der Waals surface area contributed by atoms with Gasteiger partial charge in [0.15, 0.2) is 5.38 Å². The van der Waals surface area contributed by atoms with Crippen LogP contribution in [0.4, 0.5) is 5.69 Å². The van der Waals surface area contributed by atoms with E-state index < -0.39 is 11.3 Å². The second kappa shape index (κ2) is 4.50. The molecule has 1 rings (SSSR count). The molecule has 1 atom stereocenters. The Morgan fingerprint density at radius 1 is 1.57 bits per heavy atom. The highest BCUT2D eigenvalue weighted by molar-refractivity contribution is 6.35. The average Bonchev–Trinajstić information content (AvgIpc) is 2.17. The van der Waals surface area contributed by atoms with Gasteiger partial charge >= 0.3 is 5.97 Å². The van der Waals surface area contributed by atoms with E-state index >= 15 is 0 Å². The maximum Gasteiger partial charge on any atom is 0.326 e. The Bertz CT molecular complexity index is 357. The van der Waals surface area contributed by atoms with Crippen molar-refractivity contribution in [2.45, 2.75) is 5.38 Å². The molecule has 0 aromatic heterocycles. The van der Waals surface area contributed by atoms with Gasteiger partial charge in [0.25, 0.3) is 0 Å². The number of carboxylic acid groups (broad SMARTS) is 1. The van der Waals surface area contributed by atoms with Gasteiger partial charge in [0.05, 0.1) is 0 Å². The number of anilines is 1. The molecule has 0 fully saturated rings. The van der Waals surface area contributed by atoms with E-state index in [1.54, 1.807) is 6.07 Å². The van der Waals surface area contributed by atoms with E-state index in [2.05, 4.69) is 5.43 Å². The number of benzene rings is 1. The first-order valence-electron chi connectivity index (χ1n) is 3.69. The number of halogens is 2. The minimum atomic E-state index is -1.17. The number of nitrogens with one attached hydrogen (secondary N) is 1. The summed E-state index contributed by atoms with van der Waals surface area (Å²) in [7, 11) is 0. The number of nitrogen functional groups attached to an aromatic ring is 1. The molecule has 14 heavy (non-hydrogen) atoms. The van der Waals surface area contributed by atoms with Gasteiger partial charge in [-0.1, -0.05) is 11.6 Å². The molecule has 4 nitrogen and oxygen atoms in total. The van der Waals surface area contributed by atoms with Crippen molar-refractivity contribution < 1.29 is 9.90 Å². The highest BCUT2D eigenvalue weighted by Gasteiger charge is 2.19. The summed E-state index contributed by atoms with van der Waals surface area (Å²) < 4.78 is 0. The lowest BCUT2D eigenvalue weighted by Gasteiger charge is -2.09. The van der Waals surface area contributed by atoms with Crippen LogP contribution in [0.25, 0.3) is 0 Å². The number of carboxylic acids is 1. The van der Waals surface area contributed by atoms with E-state index in [1.807, 2.05) is 0 Å². The minimum absolute atomic E-state index is 0.298. The third-order valence-electron chi connectivity index (χ3n) is 1.65. The molecule has 0 spiro atoms. The van der Waals surface area contributed by atoms with Crippen LogP contribution in [0.2, 0.25) is 5.02 Å². The number of nitrogens with two attached hydrogens (primary N) is 1. The van der Waals surface area contributed by atoms with Crippen molar-refractivity contribution in [1.82, 2.24) is 0 Å². The van der Waals surface area contributed by atoms with Crippen molar-refractivity contribution in [2.75, 3.05) is 5.43 Å². The van der Waals surface area contributed by atoms with Gasteiger partial charge < -0.3 is 10.5 Å². The Morgan fingerprint density at radius 2 is 2.21 bits per heavy atom. The molecule has 4 N–H and O–H groups in total. The number of rotatable bonds is 3. The van der Waals surface area contributed by atoms with E-state index in [9.17, 15) is 4.79 Å². The third kappa shape index (κ3) is 2.29. The van der Waals surface area contributed by atoms with Crippen molar-refractivity contribution in [3.05, 3.63) is 28.8 Å². The van der Waals surface area contributed by atoms with Crippen LogP contribution in [0.15, 0.2) is 18.2 Å². The van der Waals surface area contributed by atoms with Gasteiger partial charge in [-0.05, 0) is 18.2 Å². The predicted octanol–water partition coefficient (Wildman–Crippen LogP) is 1.99. The molecule has 0 aliphatic heterocycles. The summed E-state index contributed by atoms with van der Waals surface area (Å²) >= 11 is 11.4. The number of hydrazine groups is 1. The van der Waals surface area contributed by atoms with Crippen molar-refractivity contribution in [1.29, 1.82) is 0 Å². The minimum Gasteiger partial charge on any atom is -0.480 e. The quantitative estimate of drug-likeness (QED) is 0.425. The summed E-state index contributed by atoms with van der Waals surface area (Å²) in [5.74, 6) is 4.01. The van der Waals surface area contributed by atoms with Gasteiger partial charge in [-0.25, -0.2) is 0 Å². The largest absolute Gasteiger partial charge is 0.480 e. The number of hydrogen-bond donors (Lipinski definition) is 3. The number of alkyl halides is 1. The van der Waals surface area contributed by atoms with Gasteiger partial charge in [-0.15, -0.1) is 11.6 Å². The molecule has 0 saturated carbocycles. The molecule has 6 heteroatoms. The lowest BCUT2D eigenvalue weighted by atomic mass is 10.1. The summed E-state index contributed by atoms with van der Waals surface area (Å²) in [5.41, 5.74) is 3.25. The molecule has 0 aliphatic carbocycles. The van der Waals surface area contributed by atoms with Gasteiger partial charge in [0.1, 0.15) is 0 Å². The lowest BCUT2D eigenvalue weighted by molar-refractivity contribution is -0.136. The Morgan fingerprint density at radius 3 is 2.71 bits per heavy atom. The monoisotopic (exact) mass is 234 g/mol. The van der Waals surface area contributed by atoms with Gasteiger partial charge in [0, 0.05) is 16.3 Å². The molecular weight excluding hydrogens is 227 g/mol. The fraction of sp³-hybridized carbons (Fsp3) is 0.125. The highest BCUT2D eigenvalue weighted by atomic mass is 35.5. The molecule has 0 bridgehead atoms. The Labute approximate surface area is 90.6 Å². The molecule has 76 valence electrons. The zero-order chi connectivity index (χ0) is 10.7. The summed E-state index contributed by atoms with van der Waals surface area (Å²) in [5, 5.41) is 7.81. The first-order chi connectivity index (χ1) is 6.56. The van der Waals surface area contributed by atoms with E-state index in [-0.39, 0.29) is 0 Å². The normalized spacial score (nSPS) is 12.2. The first-order valence-corrected chi connectivity index (χ1v) is 4.50. The van der Waals surface area contributed by atoms with Crippen LogP contribution in [-0.2, 0) is 4.79 Å². The third-order valence-corrected chi connectivity index (χ3v) is 2.42. The van der Waals surface area contributed by atoms with Crippen molar-refractivity contribution in [3.8, 4) is 0 Å². The molecule has 1 aromatic carbocycles. The SMILES string of the molecule is NNc1ccc(Cl)c(C(Cl)C(=O)O)c1. The Kier molecular flexibility index (Phi) is 3.57. The van der Waals surface area contributed by atoms with Crippen LogP contribution >= 0.6 is 23.2 Å². The summed E-state index contributed by atoms with van der Waals surface area (Å²) in [6.07, 6.45) is 0. The van der Waals surface area contributed by atoms with Gasteiger partial charge in [-0.2, -0.15) is 0 Å². The van der Waals surface area contributed by atoms with Crippen molar-refractivity contribution in [2.24, 2.45) is 5.84 Å². The number of aliphatic carboxylic acids is 1. The number of carbonyl (C=O) groups is 1. The van der Waals surface area contributed by atoms with E-state index in [0.717, 1.165) is 0 Å². The molecule has 1 aromatic rings. The zero-order valence-corrected chi connectivity index (χ0v) is 8.51. The fourth-order valence-corrected chi connectivity index (χ4v) is 1.42. The first kappa shape index (κ1) is 11.1. The summed E-state index contributed by atoms with van der Waals surface area (Å²) in [6.45, 7) is 0.